The van der Waals surface area contributed by atoms with Gasteiger partial charge in [-0.15, -0.1) is 0 Å². The molecule has 7 aromatic carbocycles. The molecule has 9 aromatic rings. The SMILES string of the molecule is CC1(C)c2ccccc2-c2ccc3oc4ccc(-c5cccc(-c6nc(-c7ccccc7)nc(-c7cccc8ccccc78)n6)c5)cc4c3c21. The molecule has 0 saturated heterocycles. The predicted molar refractivity (Wildman–Crippen MR) is 204 cm³/mol. The zero-order valence-corrected chi connectivity index (χ0v) is 27.7. The van der Waals surface area contributed by atoms with Gasteiger partial charge in [0, 0.05) is 32.9 Å². The van der Waals surface area contributed by atoms with Crippen LogP contribution < -0.4 is 0 Å². The summed E-state index contributed by atoms with van der Waals surface area (Å²) >= 11 is 0. The van der Waals surface area contributed by atoms with Crippen LogP contribution in [0.4, 0.5) is 0 Å². The van der Waals surface area contributed by atoms with Gasteiger partial charge in [-0.05, 0) is 68.4 Å². The quantitative estimate of drug-likeness (QED) is 0.192. The fourth-order valence-electron chi connectivity index (χ4n) is 7.92. The van der Waals surface area contributed by atoms with Crippen molar-refractivity contribution in [2.45, 2.75) is 19.3 Å². The first-order valence-electron chi connectivity index (χ1n) is 17.0. The summed E-state index contributed by atoms with van der Waals surface area (Å²) in [5, 5.41) is 4.58. The van der Waals surface area contributed by atoms with E-state index in [4.69, 9.17) is 19.4 Å². The van der Waals surface area contributed by atoms with E-state index in [0.717, 1.165) is 55.1 Å². The molecule has 10 rings (SSSR count). The Balaban J connectivity index is 1.13. The van der Waals surface area contributed by atoms with Gasteiger partial charge in [-0.25, -0.2) is 15.0 Å². The first-order chi connectivity index (χ1) is 24.5. The van der Waals surface area contributed by atoms with Gasteiger partial charge in [0.05, 0.1) is 0 Å². The highest BCUT2D eigenvalue weighted by Crippen LogP contribution is 2.53. The maximum absolute atomic E-state index is 6.47. The lowest BCUT2D eigenvalue weighted by Crippen LogP contribution is -2.15. The predicted octanol–water partition coefficient (Wildman–Crippen LogP) is 11.9. The van der Waals surface area contributed by atoms with Crippen molar-refractivity contribution in [3.8, 4) is 56.4 Å². The third kappa shape index (κ3) is 4.35. The number of fused-ring (bicyclic) bond motifs is 8. The van der Waals surface area contributed by atoms with E-state index in [-0.39, 0.29) is 5.41 Å². The molecule has 0 aliphatic heterocycles. The lowest BCUT2D eigenvalue weighted by atomic mass is 9.80. The summed E-state index contributed by atoms with van der Waals surface area (Å²) in [7, 11) is 0. The third-order valence-electron chi connectivity index (χ3n) is 10.3. The zero-order chi connectivity index (χ0) is 33.4. The smallest absolute Gasteiger partial charge is 0.164 e. The van der Waals surface area contributed by atoms with Gasteiger partial charge < -0.3 is 4.42 Å². The van der Waals surface area contributed by atoms with Crippen LogP contribution in [0.1, 0.15) is 25.0 Å². The molecule has 0 N–H and O–H groups in total. The number of benzene rings is 7. The Kier molecular flexibility index (Phi) is 6.19. The summed E-state index contributed by atoms with van der Waals surface area (Å²) < 4.78 is 6.47. The minimum atomic E-state index is -0.144. The van der Waals surface area contributed by atoms with Crippen LogP contribution in [0.2, 0.25) is 0 Å². The number of hydrogen-bond donors (Lipinski definition) is 0. The van der Waals surface area contributed by atoms with Crippen LogP contribution in [0.5, 0.6) is 0 Å². The number of aromatic nitrogens is 3. The van der Waals surface area contributed by atoms with Crippen LogP contribution in [0.25, 0.3) is 89.1 Å². The maximum Gasteiger partial charge on any atom is 0.164 e. The van der Waals surface area contributed by atoms with Crippen LogP contribution >= 0.6 is 0 Å². The van der Waals surface area contributed by atoms with Crippen molar-refractivity contribution in [2.75, 3.05) is 0 Å². The maximum atomic E-state index is 6.47. The Labute approximate surface area is 289 Å². The first-order valence-corrected chi connectivity index (χ1v) is 17.0. The first kappa shape index (κ1) is 28.6. The molecule has 1 aliphatic carbocycles. The molecule has 2 aromatic heterocycles. The van der Waals surface area contributed by atoms with E-state index in [1.165, 1.54) is 27.6 Å². The Hall–Kier alpha value is -6.39. The van der Waals surface area contributed by atoms with Gasteiger partial charge in [-0.3, -0.25) is 0 Å². The molecule has 1 aliphatic rings. The molecular formula is C46H31N3O. The van der Waals surface area contributed by atoms with Gasteiger partial charge in [0.1, 0.15) is 11.2 Å². The van der Waals surface area contributed by atoms with Gasteiger partial charge in [0.25, 0.3) is 0 Å². The standard InChI is InChI=1S/C46H31N3O/c1-46(2)38-21-9-8-19-34(38)35-23-25-40-41(42(35)46)37-27-31(22-24-39(37)50-40)30-16-10-17-32(26-30)44-47-43(29-13-4-3-5-14-29)48-45(49-44)36-20-11-15-28-12-6-7-18-33(28)36/h3-27H,1-2H3. The zero-order valence-electron chi connectivity index (χ0n) is 27.7. The summed E-state index contributed by atoms with van der Waals surface area (Å²) in [5.74, 6) is 1.93. The number of hydrogen-bond acceptors (Lipinski definition) is 4. The van der Waals surface area contributed by atoms with E-state index in [0.29, 0.717) is 17.5 Å². The van der Waals surface area contributed by atoms with Crippen molar-refractivity contribution in [1.82, 2.24) is 15.0 Å². The van der Waals surface area contributed by atoms with Crippen LogP contribution in [0.3, 0.4) is 0 Å². The van der Waals surface area contributed by atoms with Crippen molar-refractivity contribution < 1.29 is 4.42 Å². The fourth-order valence-corrected chi connectivity index (χ4v) is 7.92. The molecule has 0 fully saturated rings. The van der Waals surface area contributed by atoms with Gasteiger partial charge in [0.2, 0.25) is 0 Å². The van der Waals surface area contributed by atoms with E-state index < -0.39 is 0 Å². The molecule has 0 radical (unpaired) electrons. The Morgan fingerprint density at radius 1 is 0.440 bits per heavy atom. The molecule has 0 amide bonds. The van der Waals surface area contributed by atoms with Crippen LogP contribution in [0, 0.1) is 0 Å². The highest BCUT2D eigenvalue weighted by Gasteiger charge is 2.37. The Morgan fingerprint density at radius 2 is 1.08 bits per heavy atom. The van der Waals surface area contributed by atoms with Gasteiger partial charge >= 0.3 is 0 Å². The highest BCUT2D eigenvalue weighted by atomic mass is 16.3. The van der Waals surface area contributed by atoms with E-state index >= 15 is 0 Å². The summed E-state index contributed by atoms with van der Waals surface area (Å²) in [4.78, 5) is 15.1. The van der Waals surface area contributed by atoms with E-state index in [9.17, 15) is 0 Å². The van der Waals surface area contributed by atoms with Crippen LogP contribution in [-0.4, -0.2) is 15.0 Å². The van der Waals surface area contributed by atoms with E-state index in [2.05, 4.69) is 135 Å². The average Bonchev–Trinajstić information content (AvgIpc) is 3.66. The molecule has 0 unspecified atom stereocenters. The number of nitrogens with zero attached hydrogens (tertiary/aromatic N) is 3. The molecule has 2 heterocycles. The third-order valence-corrected chi connectivity index (χ3v) is 10.3. The number of rotatable bonds is 4. The van der Waals surface area contributed by atoms with Gasteiger partial charge in [-0.2, -0.15) is 0 Å². The van der Waals surface area contributed by atoms with Crippen molar-refractivity contribution in [2.24, 2.45) is 0 Å². The Bertz CT molecular complexity index is 2790. The van der Waals surface area contributed by atoms with E-state index in [1.54, 1.807) is 0 Å². The fraction of sp³-hybridized carbons (Fsp3) is 0.0652. The minimum Gasteiger partial charge on any atom is -0.456 e. The molecule has 0 bridgehead atoms. The second kappa shape index (κ2) is 10.8. The monoisotopic (exact) mass is 641 g/mol. The average molecular weight is 642 g/mol. The minimum absolute atomic E-state index is 0.144. The summed E-state index contributed by atoms with van der Waals surface area (Å²) in [6.45, 7) is 4.66. The van der Waals surface area contributed by atoms with Crippen LogP contribution in [-0.2, 0) is 5.41 Å². The largest absolute Gasteiger partial charge is 0.456 e. The summed E-state index contributed by atoms with van der Waals surface area (Å²) in [6.07, 6.45) is 0. The Morgan fingerprint density at radius 3 is 1.98 bits per heavy atom. The van der Waals surface area contributed by atoms with Gasteiger partial charge in [0.15, 0.2) is 17.5 Å². The molecular weight excluding hydrogens is 611 g/mol. The molecule has 4 heteroatoms. The highest BCUT2D eigenvalue weighted by molar-refractivity contribution is 6.12. The van der Waals surface area contributed by atoms with Crippen molar-refractivity contribution >= 4 is 32.7 Å². The molecule has 50 heavy (non-hydrogen) atoms. The van der Waals surface area contributed by atoms with Crippen LogP contribution in [0.15, 0.2) is 156 Å². The number of furan rings is 1. The molecule has 0 atom stereocenters. The van der Waals surface area contributed by atoms with Gasteiger partial charge in [-0.1, -0.05) is 141 Å². The molecule has 236 valence electrons. The molecule has 4 nitrogen and oxygen atoms in total. The van der Waals surface area contributed by atoms with Crippen molar-refractivity contribution in [1.29, 1.82) is 0 Å². The van der Waals surface area contributed by atoms with E-state index in [1.807, 2.05) is 30.3 Å². The van der Waals surface area contributed by atoms with Crippen molar-refractivity contribution in [3.63, 3.8) is 0 Å². The van der Waals surface area contributed by atoms with Crippen molar-refractivity contribution in [3.05, 3.63) is 163 Å². The lowest BCUT2D eigenvalue weighted by Gasteiger charge is -2.22. The lowest BCUT2D eigenvalue weighted by molar-refractivity contribution is 0.657. The topological polar surface area (TPSA) is 51.8 Å². The second-order valence-electron chi connectivity index (χ2n) is 13.6. The summed E-state index contributed by atoms with van der Waals surface area (Å²) in [6, 6.07) is 52.9. The summed E-state index contributed by atoms with van der Waals surface area (Å²) in [5.41, 5.74) is 12.0. The normalized spacial score (nSPS) is 13.2. The molecule has 0 spiro atoms. The second-order valence-corrected chi connectivity index (χ2v) is 13.6. The molecule has 0 saturated carbocycles.